The number of pyridine rings is 1. The number of carbonyl (C=O) groups excluding carboxylic acids is 2. The molecule has 2 saturated heterocycles. The largest absolute Gasteiger partial charge is 0.381 e. The van der Waals surface area contributed by atoms with Gasteiger partial charge in [0.05, 0.1) is 24.9 Å². The van der Waals surface area contributed by atoms with E-state index in [0.717, 1.165) is 58.2 Å². The van der Waals surface area contributed by atoms with Crippen LogP contribution >= 0.6 is 0 Å². The van der Waals surface area contributed by atoms with Crippen molar-refractivity contribution in [2.24, 2.45) is 0 Å². The van der Waals surface area contributed by atoms with E-state index in [1.165, 1.54) is 4.90 Å². The normalized spacial score (nSPS) is 24.0. The van der Waals surface area contributed by atoms with E-state index in [1.807, 2.05) is 19.9 Å². The average molecular weight is 491 g/mol. The van der Waals surface area contributed by atoms with Crippen LogP contribution in [-0.4, -0.2) is 77.9 Å². The second kappa shape index (κ2) is 13.8. The Bertz CT molecular complexity index is 873. The zero-order chi connectivity index (χ0) is 25.2. The molecule has 0 radical (unpaired) electrons. The molecule has 1 saturated carbocycles. The number of nitrogens with one attached hydrogen (secondary N) is 1. The van der Waals surface area contributed by atoms with Crippen molar-refractivity contribution < 1.29 is 19.1 Å². The van der Waals surface area contributed by atoms with Gasteiger partial charge in [0.2, 0.25) is 5.91 Å². The van der Waals surface area contributed by atoms with E-state index in [4.69, 9.17) is 9.47 Å². The SMILES string of the molecule is CC.COC1CCC(OC2CCN(CCn3cccc(CN4CCC(=O)NC4=O)c3=O)CC2)CC1. The number of carbonyl (C=O) groups is 2. The minimum Gasteiger partial charge on any atom is -0.381 e. The Balaban J connectivity index is 0.00000167. The molecule has 9 nitrogen and oxygen atoms in total. The third-order valence-corrected chi connectivity index (χ3v) is 7.13. The fourth-order valence-corrected chi connectivity index (χ4v) is 5.03. The summed E-state index contributed by atoms with van der Waals surface area (Å²) < 4.78 is 13.5. The first-order valence-electron chi connectivity index (χ1n) is 13.2. The summed E-state index contributed by atoms with van der Waals surface area (Å²) >= 11 is 0. The van der Waals surface area contributed by atoms with Crippen LogP contribution in [0.1, 0.15) is 64.4 Å². The molecule has 1 aromatic rings. The van der Waals surface area contributed by atoms with Gasteiger partial charge in [-0.15, -0.1) is 0 Å². The van der Waals surface area contributed by atoms with Crippen LogP contribution < -0.4 is 10.9 Å². The fourth-order valence-electron chi connectivity index (χ4n) is 5.03. The minimum absolute atomic E-state index is 0.0768. The zero-order valence-electron chi connectivity index (χ0n) is 21.5. The second-order valence-corrected chi connectivity index (χ2v) is 9.37. The summed E-state index contributed by atoms with van der Waals surface area (Å²) in [4.78, 5) is 40.1. The molecule has 1 aromatic heterocycles. The number of piperidine rings is 1. The first kappa shape index (κ1) is 27.4. The number of amides is 3. The topological polar surface area (TPSA) is 93.1 Å². The zero-order valence-corrected chi connectivity index (χ0v) is 21.5. The van der Waals surface area contributed by atoms with Crippen molar-refractivity contribution in [2.45, 2.75) is 90.2 Å². The molecule has 0 unspecified atom stereocenters. The number of hydrogen-bond acceptors (Lipinski definition) is 6. The van der Waals surface area contributed by atoms with Crippen LogP contribution in [0.3, 0.4) is 0 Å². The molecule has 3 aliphatic rings. The monoisotopic (exact) mass is 490 g/mol. The van der Waals surface area contributed by atoms with E-state index >= 15 is 0 Å². The molecule has 2 aliphatic heterocycles. The van der Waals surface area contributed by atoms with E-state index in [1.54, 1.807) is 23.9 Å². The highest BCUT2D eigenvalue weighted by Crippen LogP contribution is 2.26. The Morgan fingerprint density at radius 1 is 0.914 bits per heavy atom. The number of rotatable bonds is 8. The maximum Gasteiger partial charge on any atom is 0.324 e. The van der Waals surface area contributed by atoms with E-state index in [2.05, 4.69) is 10.2 Å². The van der Waals surface area contributed by atoms with Crippen LogP contribution in [-0.2, 0) is 27.4 Å². The van der Waals surface area contributed by atoms with Crippen LogP contribution in [0.25, 0.3) is 0 Å². The molecule has 1 N–H and O–H groups in total. The van der Waals surface area contributed by atoms with Gasteiger partial charge in [-0.3, -0.25) is 14.9 Å². The molecule has 0 spiro atoms. The molecule has 196 valence electrons. The van der Waals surface area contributed by atoms with Gasteiger partial charge in [0.15, 0.2) is 0 Å². The number of urea groups is 1. The van der Waals surface area contributed by atoms with Gasteiger partial charge in [-0.25, -0.2) is 4.79 Å². The summed E-state index contributed by atoms with van der Waals surface area (Å²) in [5, 5.41) is 2.30. The second-order valence-electron chi connectivity index (χ2n) is 9.37. The van der Waals surface area contributed by atoms with E-state index in [-0.39, 0.29) is 24.4 Å². The van der Waals surface area contributed by atoms with Gasteiger partial charge in [-0.2, -0.15) is 0 Å². The molecular weight excluding hydrogens is 448 g/mol. The van der Waals surface area contributed by atoms with Crippen molar-refractivity contribution in [1.82, 2.24) is 19.7 Å². The van der Waals surface area contributed by atoms with Gasteiger partial charge >= 0.3 is 6.03 Å². The smallest absolute Gasteiger partial charge is 0.324 e. The Hall–Kier alpha value is -2.23. The molecule has 35 heavy (non-hydrogen) atoms. The molecule has 1 aliphatic carbocycles. The predicted molar refractivity (Wildman–Crippen MR) is 134 cm³/mol. The standard InChI is InChI=1S/C24H36N4O5.C2H6/c1-32-19-4-6-20(7-5-19)33-21-8-12-26(13-9-21)15-16-27-11-2-3-18(23(27)30)17-28-14-10-22(29)25-24(28)31;1-2/h2-3,11,19-21H,4-10,12-17H2,1H3,(H,25,29,31);1-2H3. The van der Waals surface area contributed by atoms with E-state index < -0.39 is 6.03 Å². The number of methoxy groups -OCH3 is 1. The number of hydrogen-bond donors (Lipinski definition) is 1. The molecule has 9 heteroatoms. The van der Waals surface area contributed by atoms with Gasteiger partial charge in [-0.05, 0) is 44.6 Å². The van der Waals surface area contributed by atoms with E-state index in [9.17, 15) is 14.4 Å². The summed E-state index contributed by atoms with van der Waals surface area (Å²) in [6.07, 6.45) is 9.59. The van der Waals surface area contributed by atoms with Gasteiger partial charge < -0.3 is 23.8 Å². The van der Waals surface area contributed by atoms with Gasteiger partial charge in [0.25, 0.3) is 5.56 Å². The quantitative estimate of drug-likeness (QED) is 0.602. The number of aromatic nitrogens is 1. The third kappa shape index (κ3) is 7.88. The molecule has 4 rings (SSSR count). The lowest BCUT2D eigenvalue weighted by Crippen LogP contribution is -2.49. The van der Waals surface area contributed by atoms with Gasteiger partial charge in [-0.1, -0.05) is 19.9 Å². The van der Waals surface area contributed by atoms with Crippen molar-refractivity contribution in [2.75, 3.05) is 33.3 Å². The summed E-state index contributed by atoms with van der Waals surface area (Å²) in [5.74, 6) is -0.269. The summed E-state index contributed by atoms with van der Waals surface area (Å²) in [6, 6.07) is 3.17. The molecule has 0 atom stereocenters. The average Bonchev–Trinajstić information content (AvgIpc) is 2.88. The maximum atomic E-state index is 12.9. The van der Waals surface area contributed by atoms with Crippen molar-refractivity contribution in [3.05, 3.63) is 34.2 Å². The minimum atomic E-state index is -0.433. The lowest BCUT2D eigenvalue weighted by Gasteiger charge is -2.36. The van der Waals surface area contributed by atoms with E-state index in [0.29, 0.717) is 37.0 Å². The summed E-state index contributed by atoms with van der Waals surface area (Å²) in [7, 11) is 1.79. The van der Waals surface area contributed by atoms with Crippen molar-refractivity contribution in [3.8, 4) is 0 Å². The summed E-state index contributed by atoms with van der Waals surface area (Å²) in [6.45, 7) is 7.94. The number of ether oxygens (including phenoxy) is 2. The molecule has 0 bridgehead atoms. The lowest BCUT2D eigenvalue weighted by molar-refractivity contribution is -0.121. The highest BCUT2D eigenvalue weighted by Gasteiger charge is 2.27. The third-order valence-electron chi connectivity index (χ3n) is 7.13. The maximum absolute atomic E-state index is 12.9. The van der Waals surface area contributed by atoms with Crippen molar-refractivity contribution in [3.63, 3.8) is 0 Å². The van der Waals surface area contributed by atoms with Crippen LogP contribution in [0.2, 0.25) is 0 Å². The molecule has 3 fully saturated rings. The lowest BCUT2D eigenvalue weighted by atomic mass is 9.94. The first-order chi connectivity index (χ1) is 17.0. The number of likely N-dealkylation sites (tertiary alicyclic amines) is 1. The first-order valence-corrected chi connectivity index (χ1v) is 13.2. The number of nitrogens with zero attached hydrogens (tertiary/aromatic N) is 3. The van der Waals surface area contributed by atoms with Crippen LogP contribution in [0.15, 0.2) is 23.1 Å². The molecule has 0 aromatic carbocycles. The van der Waals surface area contributed by atoms with Gasteiger partial charge in [0, 0.05) is 58.0 Å². The van der Waals surface area contributed by atoms with Crippen LogP contribution in [0, 0.1) is 0 Å². The Labute approximate surface area is 208 Å². The van der Waals surface area contributed by atoms with Gasteiger partial charge in [0.1, 0.15) is 0 Å². The van der Waals surface area contributed by atoms with Crippen molar-refractivity contribution >= 4 is 11.9 Å². The molecule has 3 amide bonds. The predicted octanol–water partition coefficient (Wildman–Crippen LogP) is 2.76. The Morgan fingerprint density at radius 3 is 2.23 bits per heavy atom. The van der Waals surface area contributed by atoms with Crippen LogP contribution in [0.4, 0.5) is 4.79 Å². The fraction of sp³-hybridized carbons (Fsp3) is 0.731. The highest BCUT2D eigenvalue weighted by molar-refractivity contribution is 5.96. The highest BCUT2D eigenvalue weighted by atomic mass is 16.5. The van der Waals surface area contributed by atoms with Crippen molar-refractivity contribution in [1.29, 1.82) is 0 Å². The molecular formula is C26H42N4O5. The Kier molecular flexibility index (Phi) is 10.7. The molecule has 3 heterocycles. The van der Waals surface area contributed by atoms with Crippen LogP contribution in [0.5, 0.6) is 0 Å². The Morgan fingerprint density at radius 2 is 1.57 bits per heavy atom. The number of imide groups is 1. The summed E-state index contributed by atoms with van der Waals surface area (Å²) in [5.41, 5.74) is 0.490.